The van der Waals surface area contributed by atoms with Crippen LogP contribution in [0.25, 0.3) is 22.3 Å². The molecule has 212 valence electrons. The number of benzene rings is 3. The summed E-state index contributed by atoms with van der Waals surface area (Å²) in [5.41, 5.74) is 8.93. The Bertz CT molecular complexity index is 1590. The lowest BCUT2D eigenvalue weighted by atomic mass is 9.43. The number of aromatic amines is 2. The van der Waals surface area contributed by atoms with Gasteiger partial charge in [-0.2, -0.15) is 0 Å². The minimum absolute atomic E-state index is 0.280. The summed E-state index contributed by atoms with van der Waals surface area (Å²) in [4.78, 5) is 6.74. The molecule has 2 aromatic heterocycles. The molecule has 4 unspecified atom stereocenters. The van der Waals surface area contributed by atoms with E-state index >= 15 is 0 Å². The quantitative estimate of drug-likeness (QED) is 0.170. The molecule has 0 spiro atoms. The monoisotopic (exact) mass is 586 g/mol. The van der Waals surface area contributed by atoms with Crippen molar-refractivity contribution in [2.45, 2.75) is 43.7 Å². The van der Waals surface area contributed by atoms with E-state index in [0.29, 0.717) is 0 Å². The van der Waals surface area contributed by atoms with Crippen LogP contribution in [0.5, 0.6) is 0 Å². The molecule has 3 aromatic carbocycles. The topological polar surface area (TPSA) is 31.6 Å². The summed E-state index contributed by atoms with van der Waals surface area (Å²) in [6.07, 6.45) is 18.1. The Morgan fingerprint density at radius 2 is 1.29 bits per heavy atom. The summed E-state index contributed by atoms with van der Waals surface area (Å²) in [6.45, 7) is 0. The molecule has 5 aromatic rings. The molecule has 4 bridgehead atoms. The molecular weight excluding hydrogens is 546 g/mol. The fourth-order valence-electron chi connectivity index (χ4n) is 9.40. The molecule has 0 aliphatic heterocycles. The normalized spacial score (nSPS) is 26.2. The van der Waals surface area contributed by atoms with Crippen molar-refractivity contribution in [3.8, 4) is 22.3 Å². The third-order valence-corrected chi connectivity index (χ3v) is 13.8. The lowest BCUT2D eigenvalue weighted by molar-refractivity contribution is -0.0520. The van der Waals surface area contributed by atoms with E-state index in [1.165, 1.54) is 71.1 Å². The molecule has 4 atom stereocenters. The van der Waals surface area contributed by atoms with Gasteiger partial charge in [0.05, 0.1) is 0 Å². The van der Waals surface area contributed by atoms with Crippen LogP contribution in [0.4, 0.5) is 0 Å². The van der Waals surface area contributed by atoms with Gasteiger partial charge in [-0.25, -0.2) is 0 Å². The number of aromatic nitrogens is 2. The van der Waals surface area contributed by atoms with Gasteiger partial charge in [-0.15, -0.1) is 9.24 Å². The zero-order valence-electron chi connectivity index (χ0n) is 24.2. The van der Waals surface area contributed by atoms with Gasteiger partial charge in [0.1, 0.15) is 0 Å². The maximum Gasteiger partial charge on any atom is 0.00860 e. The summed E-state index contributed by atoms with van der Waals surface area (Å²) in [6, 6.07) is 32.2. The molecule has 2 nitrogen and oxygen atoms in total. The van der Waals surface area contributed by atoms with Gasteiger partial charge in [-0.3, -0.25) is 0 Å². The summed E-state index contributed by atoms with van der Waals surface area (Å²) < 4.78 is 0. The number of H-pyrrole nitrogens is 2. The smallest absolute Gasteiger partial charge is 0.00860 e. The summed E-state index contributed by atoms with van der Waals surface area (Å²) in [7, 11) is 2.65. The zero-order chi connectivity index (χ0) is 28.1. The number of nitrogens with one attached hydrogen (secondary N) is 2. The third kappa shape index (κ3) is 4.54. The van der Waals surface area contributed by atoms with E-state index in [1.807, 2.05) is 0 Å². The van der Waals surface area contributed by atoms with E-state index in [4.69, 9.17) is 0 Å². The van der Waals surface area contributed by atoms with Crippen molar-refractivity contribution >= 4 is 27.8 Å². The molecule has 9 rings (SSSR count). The molecule has 4 fully saturated rings. The lowest BCUT2D eigenvalue weighted by Crippen LogP contribution is -2.56. The van der Waals surface area contributed by atoms with Crippen molar-refractivity contribution in [1.82, 2.24) is 9.97 Å². The molecule has 4 aliphatic carbocycles. The van der Waals surface area contributed by atoms with Gasteiger partial charge in [-0.1, -0.05) is 60.7 Å². The predicted molar refractivity (Wildman–Crippen MR) is 182 cm³/mol. The number of rotatable bonds is 8. The van der Waals surface area contributed by atoms with Gasteiger partial charge in [0.25, 0.3) is 0 Å². The molecule has 2 N–H and O–H groups in total. The second-order valence-corrected chi connectivity index (χ2v) is 15.8. The van der Waals surface area contributed by atoms with Crippen LogP contribution in [0, 0.1) is 23.7 Å². The Balaban J connectivity index is 1.38. The summed E-state index contributed by atoms with van der Waals surface area (Å²) >= 11 is 0. The Morgan fingerprint density at radius 1 is 0.714 bits per heavy atom. The van der Waals surface area contributed by atoms with Crippen molar-refractivity contribution in [2.24, 2.45) is 23.7 Å². The van der Waals surface area contributed by atoms with Gasteiger partial charge in [0.15, 0.2) is 0 Å². The largest absolute Gasteiger partial charge is 0.367 e. The fraction of sp³-hybridized carbons (Fsp3) is 0.316. The highest BCUT2D eigenvalue weighted by molar-refractivity contribution is 7.72. The lowest BCUT2D eigenvalue weighted by Gasteiger charge is -2.62. The maximum atomic E-state index is 3.37. The average Bonchev–Trinajstić information content (AvgIpc) is 3.76. The van der Waals surface area contributed by atoms with Gasteiger partial charge < -0.3 is 9.97 Å². The first kappa shape index (κ1) is 26.7. The van der Waals surface area contributed by atoms with Crippen LogP contribution in [0.2, 0.25) is 0 Å². The molecular formula is C38H40N2P2. The predicted octanol–water partition coefficient (Wildman–Crippen LogP) is 8.88. The highest BCUT2D eigenvalue weighted by atomic mass is 31.1. The van der Waals surface area contributed by atoms with Crippen molar-refractivity contribution < 1.29 is 0 Å². The van der Waals surface area contributed by atoms with Crippen molar-refractivity contribution in [1.29, 1.82) is 0 Å². The van der Waals surface area contributed by atoms with Gasteiger partial charge in [-0.05, 0) is 144 Å². The summed E-state index contributed by atoms with van der Waals surface area (Å²) in [5.74, 6) is 3.43. The highest BCUT2D eigenvalue weighted by Crippen LogP contribution is 2.65. The first-order valence-electron chi connectivity index (χ1n) is 15.7. The third-order valence-electron chi connectivity index (χ3n) is 10.8. The van der Waals surface area contributed by atoms with E-state index in [9.17, 15) is 0 Å². The molecule has 0 amide bonds. The highest BCUT2D eigenvalue weighted by Gasteiger charge is 2.57. The zero-order valence-corrected chi connectivity index (χ0v) is 26.2. The SMILES string of the molecule is PCC1C2CC3CC(C2)CC1(c1cc(-c2ccccc2)c(-c2ccccc2)cc1CP(c1cc[nH]c1)c1cc[nH]c1)C3. The fourth-order valence-corrected chi connectivity index (χ4v) is 12.5. The van der Waals surface area contributed by atoms with Crippen LogP contribution in [0.1, 0.15) is 43.2 Å². The van der Waals surface area contributed by atoms with E-state index in [2.05, 4.69) is 129 Å². The average molecular weight is 587 g/mol. The van der Waals surface area contributed by atoms with E-state index in [-0.39, 0.29) is 5.41 Å². The molecule has 4 saturated carbocycles. The Kier molecular flexibility index (Phi) is 6.97. The Hall–Kier alpha value is -2.92. The van der Waals surface area contributed by atoms with Crippen LogP contribution in [0.15, 0.2) is 110 Å². The minimum Gasteiger partial charge on any atom is -0.367 e. The van der Waals surface area contributed by atoms with Gasteiger partial charge in [0, 0.05) is 30.9 Å². The first-order valence-corrected chi connectivity index (χ1v) is 18.1. The van der Waals surface area contributed by atoms with Crippen LogP contribution >= 0.6 is 17.2 Å². The van der Waals surface area contributed by atoms with Crippen molar-refractivity contribution in [2.75, 3.05) is 6.16 Å². The first-order chi connectivity index (χ1) is 20.7. The second kappa shape index (κ2) is 11.0. The standard InChI is InChI=1S/C38H40N2P2/c41-24-37-30-16-26-15-27(17-30)21-38(37,20-26)36-19-35(29-9-5-2-6-10-29)34(28-7-3-1-4-8-28)18-31(36)25-42(32-11-13-39-22-32)33-12-14-40-23-33/h1-14,18-19,22-23,26-27,30,37,39-40H,15-17,20-21,24-25,41H2. The van der Waals surface area contributed by atoms with E-state index < -0.39 is 7.92 Å². The molecule has 4 aliphatic rings. The van der Waals surface area contributed by atoms with Crippen molar-refractivity contribution in [3.05, 3.63) is 121 Å². The number of hydrogen-bond donors (Lipinski definition) is 2. The van der Waals surface area contributed by atoms with Gasteiger partial charge in [0.2, 0.25) is 0 Å². The second-order valence-electron chi connectivity index (χ2n) is 13.1. The van der Waals surface area contributed by atoms with Crippen LogP contribution in [0.3, 0.4) is 0 Å². The molecule has 0 radical (unpaired) electrons. The Morgan fingerprint density at radius 3 is 1.81 bits per heavy atom. The Labute approximate surface area is 253 Å². The maximum absolute atomic E-state index is 3.37. The van der Waals surface area contributed by atoms with Crippen LogP contribution in [-0.4, -0.2) is 16.1 Å². The van der Waals surface area contributed by atoms with Gasteiger partial charge >= 0.3 is 0 Å². The molecule has 42 heavy (non-hydrogen) atoms. The van der Waals surface area contributed by atoms with E-state index in [1.54, 1.807) is 11.1 Å². The van der Waals surface area contributed by atoms with Crippen LogP contribution in [-0.2, 0) is 11.6 Å². The molecule has 4 heteroatoms. The minimum atomic E-state index is -0.542. The number of hydrogen-bond acceptors (Lipinski definition) is 0. The summed E-state index contributed by atoms with van der Waals surface area (Å²) in [5, 5.41) is 2.86. The molecule has 2 heterocycles. The molecule has 0 saturated heterocycles. The van der Waals surface area contributed by atoms with Crippen molar-refractivity contribution in [3.63, 3.8) is 0 Å². The van der Waals surface area contributed by atoms with E-state index in [0.717, 1.165) is 29.8 Å². The van der Waals surface area contributed by atoms with Crippen LogP contribution < -0.4 is 10.6 Å².